The first-order valence-electron chi connectivity index (χ1n) is 8.59. The molecule has 1 aliphatic heterocycles. The molecule has 2 aromatic heterocycles. The molecule has 3 heterocycles. The molecule has 0 saturated carbocycles. The quantitative estimate of drug-likeness (QED) is 0.794. The van der Waals surface area contributed by atoms with Crippen LogP contribution in [0, 0.1) is 6.92 Å². The van der Waals surface area contributed by atoms with Crippen LogP contribution in [0.3, 0.4) is 0 Å². The third kappa shape index (κ3) is 3.33. The van der Waals surface area contributed by atoms with E-state index in [1.807, 2.05) is 60.3 Å². The third-order valence-electron chi connectivity index (χ3n) is 4.70. The van der Waals surface area contributed by atoms with Crippen molar-refractivity contribution in [3.05, 3.63) is 66.0 Å². The van der Waals surface area contributed by atoms with Gasteiger partial charge in [0.25, 0.3) is 0 Å². The maximum absolute atomic E-state index is 12.4. The number of nitrogens with zero attached hydrogens (tertiary/aromatic N) is 4. The predicted octanol–water partition coefficient (Wildman–Crippen LogP) is 2.05. The summed E-state index contributed by atoms with van der Waals surface area (Å²) in [5.41, 5.74) is 2.11. The van der Waals surface area contributed by atoms with Gasteiger partial charge in [0.1, 0.15) is 11.6 Å². The van der Waals surface area contributed by atoms with Crippen LogP contribution < -0.4 is 5.32 Å². The van der Waals surface area contributed by atoms with Gasteiger partial charge in [-0.2, -0.15) is 0 Å². The number of carbonyl (C=O) groups excluding carboxylic acids is 1. The lowest BCUT2D eigenvalue weighted by Crippen LogP contribution is -2.41. The number of hydrogen-bond donors (Lipinski definition) is 1. The van der Waals surface area contributed by atoms with Crippen molar-refractivity contribution in [3.8, 4) is 5.69 Å². The molecule has 0 radical (unpaired) electrons. The van der Waals surface area contributed by atoms with Gasteiger partial charge in [0, 0.05) is 37.1 Å². The summed E-state index contributed by atoms with van der Waals surface area (Å²) in [6.45, 7) is 2.71. The van der Waals surface area contributed by atoms with Crippen molar-refractivity contribution >= 4 is 5.91 Å². The van der Waals surface area contributed by atoms with Crippen molar-refractivity contribution in [2.24, 2.45) is 0 Å². The van der Waals surface area contributed by atoms with E-state index in [9.17, 15) is 4.79 Å². The molecule has 3 aromatic rings. The molecule has 4 rings (SSSR count). The first-order valence-corrected chi connectivity index (χ1v) is 8.59. The second-order valence-electron chi connectivity index (χ2n) is 6.51. The van der Waals surface area contributed by atoms with Crippen LogP contribution in [0.1, 0.15) is 23.6 Å². The molecule has 25 heavy (non-hydrogen) atoms. The Morgan fingerprint density at radius 3 is 2.72 bits per heavy atom. The Kier molecular flexibility index (Phi) is 4.09. The highest BCUT2D eigenvalue weighted by Gasteiger charge is 2.22. The Morgan fingerprint density at radius 1 is 1.20 bits per heavy atom. The summed E-state index contributed by atoms with van der Waals surface area (Å²) >= 11 is 0. The van der Waals surface area contributed by atoms with Gasteiger partial charge in [-0.1, -0.05) is 12.1 Å². The average Bonchev–Trinajstić information content (AvgIpc) is 3.26. The largest absolute Gasteiger partial charge is 0.351 e. The molecule has 0 spiro atoms. The summed E-state index contributed by atoms with van der Waals surface area (Å²) in [6.07, 6.45) is 6.18. The van der Waals surface area contributed by atoms with Crippen molar-refractivity contribution in [2.75, 3.05) is 0 Å². The molecule has 0 unspecified atom stereocenters. The zero-order valence-corrected chi connectivity index (χ0v) is 14.2. The van der Waals surface area contributed by atoms with Crippen LogP contribution in [0.2, 0.25) is 0 Å². The normalized spacial score (nSPS) is 16.4. The highest BCUT2D eigenvalue weighted by molar-refractivity contribution is 5.78. The van der Waals surface area contributed by atoms with E-state index in [-0.39, 0.29) is 11.9 Å². The molecular formula is C19H21N5O. The SMILES string of the molecule is Cc1nnc2n1C[C@@H](NC(=O)Cc1ccc(-n3cccc3)cc1)CC2. The molecule has 128 valence electrons. The van der Waals surface area contributed by atoms with Gasteiger partial charge in [-0.15, -0.1) is 10.2 Å². The van der Waals surface area contributed by atoms with Crippen LogP contribution >= 0.6 is 0 Å². The molecule has 1 N–H and O–H groups in total. The highest BCUT2D eigenvalue weighted by atomic mass is 16.1. The number of benzene rings is 1. The Bertz CT molecular complexity index is 864. The van der Waals surface area contributed by atoms with E-state index < -0.39 is 0 Å². The van der Waals surface area contributed by atoms with Gasteiger partial charge in [0.2, 0.25) is 5.91 Å². The Morgan fingerprint density at radius 2 is 1.96 bits per heavy atom. The van der Waals surface area contributed by atoms with E-state index in [1.165, 1.54) is 0 Å². The lowest BCUT2D eigenvalue weighted by atomic mass is 10.1. The van der Waals surface area contributed by atoms with Gasteiger partial charge in [-0.3, -0.25) is 4.79 Å². The molecule has 0 bridgehead atoms. The number of nitrogens with one attached hydrogen (secondary N) is 1. The first-order chi connectivity index (χ1) is 12.2. The number of amides is 1. The molecular weight excluding hydrogens is 314 g/mol. The molecule has 0 saturated heterocycles. The average molecular weight is 335 g/mol. The van der Waals surface area contributed by atoms with E-state index in [1.54, 1.807) is 0 Å². The minimum atomic E-state index is 0.0629. The first kappa shape index (κ1) is 15.6. The van der Waals surface area contributed by atoms with Crippen molar-refractivity contribution in [3.63, 3.8) is 0 Å². The molecule has 1 amide bonds. The van der Waals surface area contributed by atoms with Crippen molar-refractivity contribution < 1.29 is 4.79 Å². The standard InChI is InChI=1S/C19H21N5O/c1-14-21-22-18-9-6-16(13-24(14)18)20-19(25)12-15-4-7-17(8-5-15)23-10-2-3-11-23/h2-5,7-8,10-11,16H,6,9,12-13H2,1H3,(H,20,25)/t16-/m0/s1. The van der Waals surface area contributed by atoms with Gasteiger partial charge in [0.05, 0.1) is 6.42 Å². The fourth-order valence-corrected chi connectivity index (χ4v) is 3.34. The van der Waals surface area contributed by atoms with E-state index in [0.29, 0.717) is 6.42 Å². The van der Waals surface area contributed by atoms with Crippen molar-refractivity contribution in [2.45, 2.75) is 38.8 Å². The van der Waals surface area contributed by atoms with E-state index >= 15 is 0 Å². The second kappa shape index (κ2) is 6.55. The van der Waals surface area contributed by atoms with Gasteiger partial charge in [0.15, 0.2) is 0 Å². The smallest absolute Gasteiger partial charge is 0.224 e. The third-order valence-corrected chi connectivity index (χ3v) is 4.70. The van der Waals surface area contributed by atoms with Gasteiger partial charge in [-0.05, 0) is 43.2 Å². The zero-order chi connectivity index (χ0) is 17.2. The van der Waals surface area contributed by atoms with Gasteiger partial charge >= 0.3 is 0 Å². The van der Waals surface area contributed by atoms with Crippen molar-refractivity contribution in [1.82, 2.24) is 24.6 Å². The molecule has 0 aliphatic carbocycles. The van der Waals surface area contributed by atoms with E-state index in [2.05, 4.69) is 20.1 Å². The van der Waals surface area contributed by atoms with Crippen LogP contribution in [0.15, 0.2) is 48.8 Å². The number of carbonyl (C=O) groups is 1. The minimum absolute atomic E-state index is 0.0629. The monoisotopic (exact) mass is 335 g/mol. The molecule has 1 atom stereocenters. The Hall–Kier alpha value is -2.89. The number of hydrogen-bond acceptors (Lipinski definition) is 3. The van der Waals surface area contributed by atoms with Gasteiger partial charge < -0.3 is 14.5 Å². The fourth-order valence-electron chi connectivity index (χ4n) is 3.34. The topological polar surface area (TPSA) is 64.7 Å². The summed E-state index contributed by atoms with van der Waals surface area (Å²) in [5, 5.41) is 11.4. The molecule has 6 nitrogen and oxygen atoms in total. The van der Waals surface area contributed by atoms with Crippen LogP contribution in [0.4, 0.5) is 0 Å². The Balaban J connectivity index is 1.36. The second-order valence-corrected chi connectivity index (χ2v) is 6.51. The number of aromatic nitrogens is 4. The minimum Gasteiger partial charge on any atom is -0.351 e. The fraction of sp³-hybridized carbons (Fsp3) is 0.316. The van der Waals surface area contributed by atoms with Gasteiger partial charge in [-0.25, -0.2) is 0 Å². The lowest BCUT2D eigenvalue weighted by Gasteiger charge is -2.25. The number of rotatable bonds is 4. The molecule has 0 fully saturated rings. The summed E-state index contributed by atoms with van der Waals surface area (Å²) in [6, 6.07) is 12.2. The van der Waals surface area contributed by atoms with E-state index in [0.717, 1.165) is 42.3 Å². The van der Waals surface area contributed by atoms with Crippen LogP contribution in [0.5, 0.6) is 0 Å². The highest BCUT2D eigenvalue weighted by Crippen LogP contribution is 2.15. The summed E-state index contributed by atoms with van der Waals surface area (Å²) in [7, 11) is 0. The molecule has 1 aliphatic rings. The van der Waals surface area contributed by atoms with E-state index in [4.69, 9.17) is 0 Å². The molecule has 1 aromatic carbocycles. The Labute approximate surface area is 146 Å². The van der Waals surface area contributed by atoms with Crippen LogP contribution in [-0.2, 0) is 24.2 Å². The predicted molar refractivity (Wildman–Crippen MR) is 94.5 cm³/mol. The summed E-state index contributed by atoms with van der Waals surface area (Å²) < 4.78 is 4.14. The maximum Gasteiger partial charge on any atom is 0.224 e. The zero-order valence-electron chi connectivity index (χ0n) is 14.2. The number of aryl methyl sites for hydroxylation is 2. The van der Waals surface area contributed by atoms with Crippen LogP contribution in [-0.4, -0.2) is 31.3 Å². The summed E-state index contributed by atoms with van der Waals surface area (Å²) in [4.78, 5) is 12.4. The van der Waals surface area contributed by atoms with Crippen molar-refractivity contribution in [1.29, 1.82) is 0 Å². The maximum atomic E-state index is 12.4. The molecule has 6 heteroatoms. The lowest BCUT2D eigenvalue weighted by molar-refractivity contribution is -0.121. The number of fused-ring (bicyclic) bond motifs is 1. The van der Waals surface area contributed by atoms with Crippen LogP contribution in [0.25, 0.3) is 5.69 Å². The summed E-state index contributed by atoms with van der Waals surface area (Å²) in [5.74, 6) is 1.99.